The van der Waals surface area contributed by atoms with Crippen molar-refractivity contribution in [2.24, 2.45) is 0 Å². The molecule has 0 N–H and O–H groups in total. The second-order valence-electron chi connectivity index (χ2n) is 8.44. The van der Waals surface area contributed by atoms with Gasteiger partial charge >= 0.3 is 5.97 Å². The number of ether oxygens (including phenoxy) is 1. The van der Waals surface area contributed by atoms with Crippen molar-refractivity contribution in [2.45, 2.75) is 38.6 Å². The van der Waals surface area contributed by atoms with E-state index in [1.807, 2.05) is 61.5 Å². The number of esters is 1. The zero-order valence-electron chi connectivity index (χ0n) is 20.2. The quantitative estimate of drug-likeness (QED) is 0.282. The molecule has 0 bridgehead atoms. The Labute approximate surface area is 206 Å². The van der Waals surface area contributed by atoms with Gasteiger partial charge < -0.3 is 9.15 Å². The maximum Gasteiger partial charge on any atom is 0.374 e. The Kier molecular flexibility index (Phi) is 7.38. The van der Waals surface area contributed by atoms with Crippen LogP contribution in [-0.2, 0) is 27.7 Å². The SMILES string of the molecule is CCOC(=O)c1oc2ccc(S(=O)(=O)N(CCc3ccccc3)Cc3ccccc3C)cc2c1C. The molecule has 0 aliphatic heterocycles. The summed E-state index contributed by atoms with van der Waals surface area (Å²) in [5.74, 6) is -0.466. The lowest BCUT2D eigenvalue weighted by Crippen LogP contribution is -2.32. The van der Waals surface area contributed by atoms with Crippen LogP contribution in [0, 0.1) is 13.8 Å². The lowest BCUT2D eigenvalue weighted by atomic mass is 10.1. The molecule has 6 nitrogen and oxygen atoms in total. The number of sulfonamides is 1. The number of hydrogen-bond donors (Lipinski definition) is 0. The minimum atomic E-state index is -3.84. The van der Waals surface area contributed by atoms with Gasteiger partial charge in [-0.05, 0) is 62.1 Å². The number of furan rings is 1. The lowest BCUT2D eigenvalue weighted by Gasteiger charge is -2.23. The van der Waals surface area contributed by atoms with Crippen LogP contribution in [0.5, 0.6) is 0 Å². The third-order valence-electron chi connectivity index (χ3n) is 6.11. The van der Waals surface area contributed by atoms with Gasteiger partial charge in [0.2, 0.25) is 15.8 Å². The first-order valence-electron chi connectivity index (χ1n) is 11.6. The predicted octanol–water partition coefficient (Wildman–Crippen LogP) is 5.66. The first kappa shape index (κ1) is 24.7. The summed E-state index contributed by atoms with van der Waals surface area (Å²) in [6.45, 7) is 6.25. The average molecular weight is 492 g/mol. The van der Waals surface area contributed by atoms with E-state index in [9.17, 15) is 13.2 Å². The summed E-state index contributed by atoms with van der Waals surface area (Å²) in [4.78, 5) is 12.4. The molecule has 4 rings (SSSR count). The van der Waals surface area contributed by atoms with Crippen LogP contribution in [-0.4, -0.2) is 31.8 Å². The van der Waals surface area contributed by atoms with E-state index < -0.39 is 16.0 Å². The summed E-state index contributed by atoms with van der Waals surface area (Å²) in [7, 11) is -3.84. The van der Waals surface area contributed by atoms with Crippen molar-refractivity contribution >= 4 is 27.0 Å². The van der Waals surface area contributed by atoms with Crippen LogP contribution < -0.4 is 0 Å². The number of carbonyl (C=O) groups is 1. The minimum absolute atomic E-state index is 0.0947. The molecule has 0 aliphatic rings. The van der Waals surface area contributed by atoms with Crippen molar-refractivity contribution in [3.63, 3.8) is 0 Å². The van der Waals surface area contributed by atoms with Gasteiger partial charge in [0.25, 0.3) is 0 Å². The summed E-state index contributed by atoms with van der Waals surface area (Å²) in [6.07, 6.45) is 0.589. The standard InChI is InChI=1S/C28H29NO5S/c1-4-33-28(30)27-21(3)25-18-24(14-15-26(25)34-27)35(31,32)29(17-16-22-11-6-5-7-12-22)19-23-13-9-8-10-20(23)2/h5-15,18H,4,16-17,19H2,1-3H3. The second-order valence-corrected chi connectivity index (χ2v) is 10.4. The van der Waals surface area contributed by atoms with Crippen molar-refractivity contribution in [2.75, 3.05) is 13.2 Å². The van der Waals surface area contributed by atoms with Crippen molar-refractivity contribution < 1.29 is 22.4 Å². The highest BCUT2D eigenvalue weighted by molar-refractivity contribution is 7.89. The molecule has 0 aliphatic carbocycles. The van der Waals surface area contributed by atoms with Gasteiger partial charge in [0.05, 0.1) is 11.5 Å². The Hall–Kier alpha value is -3.42. The van der Waals surface area contributed by atoms with Crippen LogP contribution in [0.3, 0.4) is 0 Å². The maximum atomic E-state index is 13.9. The summed E-state index contributed by atoms with van der Waals surface area (Å²) >= 11 is 0. The van der Waals surface area contributed by atoms with Gasteiger partial charge in [-0.3, -0.25) is 0 Å². The van der Waals surface area contributed by atoms with Crippen LogP contribution in [0.2, 0.25) is 0 Å². The molecule has 0 amide bonds. The highest BCUT2D eigenvalue weighted by atomic mass is 32.2. The molecule has 0 atom stereocenters. The van der Waals surface area contributed by atoms with E-state index in [-0.39, 0.29) is 23.8 Å². The van der Waals surface area contributed by atoms with Crippen LogP contribution in [0.1, 0.15) is 39.7 Å². The van der Waals surface area contributed by atoms with E-state index in [4.69, 9.17) is 9.15 Å². The van der Waals surface area contributed by atoms with E-state index >= 15 is 0 Å². The third kappa shape index (κ3) is 5.31. The lowest BCUT2D eigenvalue weighted by molar-refractivity contribution is 0.0491. The zero-order valence-corrected chi connectivity index (χ0v) is 21.0. The van der Waals surface area contributed by atoms with E-state index in [2.05, 4.69) is 0 Å². The molecule has 0 unspecified atom stereocenters. The first-order chi connectivity index (χ1) is 16.8. The predicted molar refractivity (Wildman–Crippen MR) is 136 cm³/mol. The molecule has 4 aromatic rings. The Balaban J connectivity index is 1.71. The molecule has 35 heavy (non-hydrogen) atoms. The summed E-state index contributed by atoms with van der Waals surface area (Å²) in [5.41, 5.74) is 4.06. The van der Waals surface area contributed by atoms with Crippen molar-refractivity contribution in [1.82, 2.24) is 4.31 Å². The van der Waals surface area contributed by atoms with Crippen molar-refractivity contribution in [3.8, 4) is 0 Å². The summed E-state index contributed by atoms with van der Waals surface area (Å²) in [5, 5.41) is 0.577. The zero-order chi connectivity index (χ0) is 25.0. The van der Waals surface area contributed by atoms with Gasteiger partial charge in [0.15, 0.2) is 0 Å². The van der Waals surface area contributed by atoms with Crippen LogP contribution in [0.25, 0.3) is 11.0 Å². The molecule has 0 fully saturated rings. The molecule has 0 saturated carbocycles. The molecule has 1 aromatic heterocycles. The van der Waals surface area contributed by atoms with Crippen LogP contribution >= 0.6 is 0 Å². The van der Waals surface area contributed by atoms with Crippen LogP contribution in [0.15, 0.2) is 82.1 Å². The number of fused-ring (bicyclic) bond motifs is 1. The normalized spacial score (nSPS) is 11.8. The van der Waals surface area contributed by atoms with Crippen molar-refractivity contribution in [1.29, 1.82) is 0 Å². The van der Waals surface area contributed by atoms with E-state index in [0.717, 1.165) is 16.7 Å². The number of nitrogens with zero attached hydrogens (tertiary/aromatic N) is 1. The fourth-order valence-electron chi connectivity index (χ4n) is 4.06. The van der Waals surface area contributed by atoms with Gasteiger partial charge in [-0.1, -0.05) is 54.6 Å². The summed E-state index contributed by atoms with van der Waals surface area (Å²) in [6, 6.07) is 22.3. The van der Waals surface area contributed by atoms with Gasteiger partial charge in [-0.15, -0.1) is 0 Å². The molecule has 0 radical (unpaired) electrons. The molecule has 0 saturated heterocycles. The van der Waals surface area contributed by atoms with Gasteiger partial charge in [-0.2, -0.15) is 4.31 Å². The number of hydrogen-bond acceptors (Lipinski definition) is 5. The molecule has 182 valence electrons. The van der Waals surface area contributed by atoms with Gasteiger partial charge in [0, 0.05) is 24.0 Å². The second kappa shape index (κ2) is 10.5. The Bertz CT molecular complexity index is 1440. The van der Waals surface area contributed by atoms with Gasteiger partial charge in [-0.25, -0.2) is 13.2 Å². The number of benzene rings is 3. The molecule has 7 heteroatoms. The fraction of sp³-hybridized carbons (Fsp3) is 0.250. The van der Waals surface area contributed by atoms with Crippen LogP contribution in [0.4, 0.5) is 0 Å². The molecular weight excluding hydrogens is 462 g/mol. The molecule has 1 heterocycles. The Morgan fingerprint density at radius 2 is 1.69 bits per heavy atom. The third-order valence-corrected chi connectivity index (χ3v) is 7.95. The minimum Gasteiger partial charge on any atom is -0.460 e. The smallest absolute Gasteiger partial charge is 0.374 e. The molecule has 3 aromatic carbocycles. The summed E-state index contributed by atoms with van der Waals surface area (Å²) < 4.78 is 40.0. The average Bonchev–Trinajstić information content (AvgIpc) is 3.19. The Morgan fingerprint density at radius 1 is 0.971 bits per heavy atom. The largest absolute Gasteiger partial charge is 0.460 e. The van der Waals surface area contributed by atoms with E-state index in [1.165, 1.54) is 10.4 Å². The topological polar surface area (TPSA) is 76.8 Å². The van der Waals surface area contributed by atoms with E-state index in [1.54, 1.807) is 26.0 Å². The fourth-order valence-corrected chi connectivity index (χ4v) is 5.51. The monoisotopic (exact) mass is 491 g/mol. The Morgan fingerprint density at radius 3 is 2.40 bits per heavy atom. The van der Waals surface area contributed by atoms with E-state index in [0.29, 0.717) is 29.5 Å². The highest BCUT2D eigenvalue weighted by Gasteiger charge is 2.27. The number of rotatable bonds is 9. The first-order valence-corrected chi connectivity index (χ1v) is 13.0. The highest BCUT2D eigenvalue weighted by Crippen LogP contribution is 2.30. The maximum absolute atomic E-state index is 13.9. The number of carbonyl (C=O) groups excluding carboxylic acids is 1. The molecular formula is C28H29NO5S. The molecule has 0 spiro atoms. The van der Waals surface area contributed by atoms with Gasteiger partial charge in [0.1, 0.15) is 5.58 Å². The van der Waals surface area contributed by atoms with Crippen molar-refractivity contribution in [3.05, 3.63) is 101 Å². The number of aryl methyl sites for hydroxylation is 2.